The van der Waals surface area contributed by atoms with E-state index in [1.165, 1.54) is 0 Å². The fourth-order valence-electron chi connectivity index (χ4n) is 3.26. The number of rotatable bonds is 3. The zero-order valence-corrected chi connectivity index (χ0v) is 14.9. The van der Waals surface area contributed by atoms with Gasteiger partial charge in [-0.3, -0.25) is 0 Å². The molecule has 0 radical (unpaired) electrons. The van der Waals surface area contributed by atoms with Crippen molar-refractivity contribution in [2.75, 3.05) is 19.7 Å². The molecular weight excluding hydrogens is 381 g/mol. The minimum Gasteiger partial charge on any atom is -0.373 e. The number of ether oxygens (including phenoxy) is 1. The first-order valence-electron chi connectivity index (χ1n) is 7.75. The maximum atomic E-state index is 12.6. The zero-order valence-electron chi connectivity index (χ0n) is 13.3. The Balaban J connectivity index is 0.00000225. The van der Waals surface area contributed by atoms with Crippen molar-refractivity contribution in [2.24, 2.45) is 0 Å². The highest BCUT2D eigenvalue weighted by atomic mass is 35.5. The van der Waals surface area contributed by atoms with Gasteiger partial charge in [0.15, 0.2) is 0 Å². The fourth-order valence-corrected chi connectivity index (χ4v) is 4.48. The third-order valence-electron chi connectivity index (χ3n) is 4.54. The van der Waals surface area contributed by atoms with E-state index in [1.54, 1.807) is 0 Å². The molecule has 10 heteroatoms. The van der Waals surface area contributed by atoms with Gasteiger partial charge in [0.2, 0.25) is 10.0 Å². The summed E-state index contributed by atoms with van der Waals surface area (Å²) >= 11 is 0. The summed E-state index contributed by atoms with van der Waals surface area (Å²) < 4.78 is 70.8. The van der Waals surface area contributed by atoms with E-state index in [2.05, 4.69) is 10.0 Å². The van der Waals surface area contributed by atoms with E-state index in [0.29, 0.717) is 6.42 Å². The van der Waals surface area contributed by atoms with E-state index in [9.17, 15) is 21.6 Å². The number of halogens is 4. The molecule has 2 fully saturated rings. The lowest BCUT2D eigenvalue weighted by Gasteiger charge is -2.32. The highest BCUT2D eigenvalue weighted by molar-refractivity contribution is 7.89. The Hall–Kier alpha value is -0.870. The fraction of sp³-hybridized carbons (Fsp3) is 0.600. The predicted octanol–water partition coefficient (Wildman–Crippen LogP) is 2.32. The second-order valence-electron chi connectivity index (χ2n) is 6.29. The molecule has 25 heavy (non-hydrogen) atoms. The van der Waals surface area contributed by atoms with Crippen molar-refractivity contribution in [3.8, 4) is 0 Å². The molecule has 2 heterocycles. The summed E-state index contributed by atoms with van der Waals surface area (Å²) in [6.45, 7) is 1.94. The van der Waals surface area contributed by atoms with Crippen LogP contribution < -0.4 is 10.0 Å². The molecule has 2 N–H and O–H groups in total. The summed E-state index contributed by atoms with van der Waals surface area (Å²) in [7, 11) is -3.87. The Morgan fingerprint density at radius 1 is 1.16 bits per heavy atom. The van der Waals surface area contributed by atoms with Crippen LogP contribution in [0.5, 0.6) is 0 Å². The number of alkyl halides is 3. The molecule has 2 saturated heterocycles. The average molecular weight is 401 g/mol. The molecule has 1 aromatic rings. The number of nitrogens with one attached hydrogen (secondary N) is 2. The van der Waals surface area contributed by atoms with Crippen molar-refractivity contribution in [3.05, 3.63) is 29.8 Å². The largest absolute Gasteiger partial charge is 0.416 e. The van der Waals surface area contributed by atoms with Crippen LogP contribution in [0, 0.1) is 0 Å². The van der Waals surface area contributed by atoms with Gasteiger partial charge in [-0.25, -0.2) is 13.1 Å². The summed E-state index contributed by atoms with van der Waals surface area (Å²) in [5, 5.41) is 3.23. The van der Waals surface area contributed by atoms with Gasteiger partial charge in [-0.2, -0.15) is 13.2 Å². The number of hydrogen-bond acceptors (Lipinski definition) is 4. The van der Waals surface area contributed by atoms with Gasteiger partial charge in [0.1, 0.15) is 0 Å². The van der Waals surface area contributed by atoms with Crippen LogP contribution >= 0.6 is 12.4 Å². The molecule has 1 spiro atoms. The van der Waals surface area contributed by atoms with Crippen molar-refractivity contribution in [3.63, 3.8) is 0 Å². The van der Waals surface area contributed by atoms with Gasteiger partial charge in [-0.1, -0.05) is 0 Å². The van der Waals surface area contributed by atoms with Gasteiger partial charge in [-0.05, 0) is 56.6 Å². The van der Waals surface area contributed by atoms with Crippen molar-refractivity contribution in [2.45, 2.75) is 42.0 Å². The van der Waals surface area contributed by atoms with Crippen LogP contribution in [-0.2, 0) is 20.9 Å². The molecule has 1 aromatic carbocycles. The molecule has 2 aliphatic rings. The SMILES string of the molecule is Cl.O=S(=O)(N[C@H]1COC2(CCNCC2)C1)c1ccc(C(F)(F)F)cc1. The summed E-state index contributed by atoms with van der Waals surface area (Å²) in [5.41, 5.74) is -1.17. The van der Waals surface area contributed by atoms with Crippen LogP contribution in [0.25, 0.3) is 0 Å². The first-order chi connectivity index (χ1) is 11.2. The molecular formula is C15H20ClF3N2O3S. The molecule has 1 atom stereocenters. The van der Waals surface area contributed by atoms with Gasteiger partial charge < -0.3 is 10.1 Å². The molecule has 0 saturated carbocycles. The number of piperidine rings is 1. The Bertz CT molecular complexity index is 689. The molecule has 0 bridgehead atoms. The Kier molecular flexibility index (Phi) is 6.05. The number of benzene rings is 1. The van der Waals surface area contributed by atoms with Crippen LogP contribution in [0.3, 0.4) is 0 Å². The van der Waals surface area contributed by atoms with Crippen molar-refractivity contribution in [1.29, 1.82) is 0 Å². The minimum absolute atomic E-state index is 0. The quantitative estimate of drug-likeness (QED) is 0.817. The lowest BCUT2D eigenvalue weighted by atomic mass is 9.88. The maximum absolute atomic E-state index is 12.6. The zero-order chi connectivity index (χ0) is 17.4. The third-order valence-corrected chi connectivity index (χ3v) is 6.07. The number of hydrogen-bond donors (Lipinski definition) is 2. The van der Waals surface area contributed by atoms with E-state index in [4.69, 9.17) is 4.74 Å². The van der Waals surface area contributed by atoms with Gasteiger partial charge in [0, 0.05) is 6.04 Å². The van der Waals surface area contributed by atoms with Gasteiger partial charge in [0.25, 0.3) is 0 Å². The van der Waals surface area contributed by atoms with Crippen molar-refractivity contribution < 1.29 is 26.3 Å². The van der Waals surface area contributed by atoms with E-state index >= 15 is 0 Å². The van der Waals surface area contributed by atoms with Crippen LogP contribution in [-0.4, -0.2) is 39.8 Å². The lowest BCUT2D eigenvalue weighted by molar-refractivity contribution is -0.137. The van der Waals surface area contributed by atoms with Crippen LogP contribution in [0.15, 0.2) is 29.2 Å². The highest BCUT2D eigenvalue weighted by Gasteiger charge is 2.42. The average Bonchev–Trinajstić information content (AvgIpc) is 2.89. The first kappa shape index (κ1) is 20.4. The lowest BCUT2D eigenvalue weighted by Crippen LogP contribution is -2.43. The van der Waals surface area contributed by atoms with E-state index < -0.39 is 21.8 Å². The smallest absolute Gasteiger partial charge is 0.373 e. The van der Waals surface area contributed by atoms with Crippen molar-refractivity contribution >= 4 is 22.4 Å². The predicted molar refractivity (Wildman–Crippen MR) is 88.2 cm³/mol. The Morgan fingerprint density at radius 3 is 2.32 bits per heavy atom. The molecule has 2 aliphatic heterocycles. The molecule has 0 aliphatic carbocycles. The highest BCUT2D eigenvalue weighted by Crippen LogP contribution is 2.34. The maximum Gasteiger partial charge on any atom is 0.416 e. The molecule has 142 valence electrons. The Morgan fingerprint density at radius 2 is 1.76 bits per heavy atom. The van der Waals surface area contributed by atoms with E-state index in [-0.39, 0.29) is 35.6 Å². The summed E-state index contributed by atoms with van der Waals surface area (Å²) in [4.78, 5) is -0.179. The summed E-state index contributed by atoms with van der Waals surface area (Å²) in [6.07, 6.45) is -2.26. The van der Waals surface area contributed by atoms with Crippen LogP contribution in [0.4, 0.5) is 13.2 Å². The van der Waals surface area contributed by atoms with E-state index in [0.717, 1.165) is 50.2 Å². The normalized spacial score (nSPS) is 23.4. The first-order valence-corrected chi connectivity index (χ1v) is 9.23. The third kappa shape index (κ3) is 4.65. The monoisotopic (exact) mass is 400 g/mol. The van der Waals surface area contributed by atoms with E-state index in [1.807, 2.05) is 0 Å². The summed E-state index contributed by atoms with van der Waals surface area (Å²) in [6, 6.07) is 3.13. The molecule has 0 aromatic heterocycles. The standard InChI is InChI=1S/C15H19F3N2O3S.ClH/c16-15(17,18)11-1-3-13(4-2-11)24(21,22)20-12-9-14(23-10-12)5-7-19-8-6-14;/h1-4,12,19-20H,5-10H2;1H/t12-;/m1./s1. The van der Waals surface area contributed by atoms with Crippen LogP contribution in [0.1, 0.15) is 24.8 Å². The Labute approximate surface area is 150 Å². The van der Waals surface area contributed by atoms with Gasteiger partial charge >= 0.3 is 6.18 Å². The van der Waals surface area contributed by atoms with Gasteiger partial charge in [-0.15, -0.1) is 12.4 Å². The van der Waals surface area contributed by atoms with Crippen molar-refractivity contribution in [1.82, 2.24) is 10.0 Å². The summed E-state index contributed by atoms with van der Waals surface area (Å²) in [5.74, 6) is 0. The van der Waals surface area contributed by atoms with Gasteiger partial charge in [0.05, 0.1) is 22.7 Å². The second kappa shape index (κ2) is 7.40. The topological polar surface area (TPSA) is 67.4 Å². The molecule has 0 amide bonds. The van der Waals surface area contributed by atoms with Crippen LogP contribution in [0.2, 0.25) is 0 Å². The number of sulfonamides is 1. The minimum atomic E-state index is -4.49. The molecule has 3 rings (SSSR count). The molecule has 5 nitrogen and oxygen atoms in total. The second-order valence-corrected chi connectivity index (χ2v) is 8.00. The molecule has 0 unspecified atom stereocenters.